The zero-order valence-corrected chi connectivity index (χ0v) is 30.3. The number of halogens is 9. The number of carbonyl (C=O) groups excluding carboxylic acids is 2. The van der Waals surface area contributed by atoms with Gasteiger partial charge in [-0.25, -0.2) is 18.0 Å². The van der Waals surface area contributed by atoms with Gasteiger partial charge in [-0.2, -0.15) is 31.4 Å². The molecule has 6 rings (SSSR count). The molecule has 0 radical (unpaired) electrons. The maximum absolute atomic E-state index is 13.9. The highest BCUT2D eigenvalue weighted by atomic mass is 19.4. The molecule has 1 saturated carbocycles. The number of carboxylic acid groups (broad SMARTS) is 1. The predicted octanol–water partition coefficient (Wildman–Crippen LogP) is 7.79. The number of likely N-dealkylation sites (tertiary alicyclic amines) is 2. The number of ether oxygens (including phenoxy) is 1. The van der Waals surface area contributed by atoms with Crippen molar-refractivity contribution < 1.29 is 63.7 Å². The molecule has 56 heavy (non-hydrogen) atoms. The van der Waals surface area contributed by atoms with Crippen molar-refractivity contribution in [2.24, 2.45) is 16.7 Å². The molecule has 1 aromatic heterocycles. The van der Waals surface area contributed by atoms with E-state index < -0.39 is 76.7 Å². The number of hydrogen-bond acceptors (Lipinski definition) is 5. The van der Waals surface area contributed by atoms with Crippen molar-refractivity contribution in [2.75, 3.05) is 32.8 Å². The molecule has 304 valence electrons. The molecule has 3 aromatic rings. The summed E-state index contributed by atoms with van der Waals surface area (Å²) < 4.78 is 130. The van der Waals surface area contributed by atoms with Crippen LogP contribution in [-0.4, -0.2) is 87.4 Å². The van der Waals surface area contributed by atoms with E-state index in [0.717, 1.165) is 41.8 Å². The lowest BCUT2D eigenvalue weighted by Crippen LogP contribution is -2.66. The Labute approximate surface area is 315 Å². The zero-order valence-electron chi connectivity index (χ0n) is 30.3. The van der Waals surface area contributed by atoms with E-state index in [9.17, 15) is 59.0 Å². The number of amides is 2. The van der Waals surface area contributed by atoms with Gasteiger partial charge in [0.15, 0.2) is 0 Å². The third-order valence-electron chi connectivity index (χ3n) is 11.4. The van der Waals surface area contributed by atoms with Gasteiger partial charge in [-0.15, -0.1) is 0 Å². The summed E-state index contributed by atoms with van der Waals surface area (Å²) in [5.74, 6) is -7.85. The predicted molar refractivity (Wildman–Crippen MR) is 180 cm³/mol. The normalized spacial score (nSPS) is 20.0. The van der Waals surface area contributed by atoms with E-state index in [1.54, 1.807) is 12.1 Å². The monoisotopic (exact) mass is 802 g/mol. The van der Waals surface area contributed by atoms with Crippen LogP contribution in [0.2, 0.25) is 0 Å². The molecule has 1 spiro atoms. The van der Waals surface area contributed by atoms with Crippen LogP contribution < -0.4 is 0 Å². The molecular weight excluding hydrogens is 763 g/mol. The molecule has 2 saturated heterocycles. The quantitative estimate of drug-likeness (QED) is 0.210. The van der Waals surface area contributed by atoms with Crippen LogP contribution in [0.3, 0.4) is 0 Å². The summed E-state index contributed by atoms with van der Waals surface area (Å²) in [4.78, 5) is 41.7. The van der Waals surface area contributed by atoms with Crippen molar-refractivity contribution in [1.82, 2.24) is 19.6 Å². The fourth-order valence-corrected chi connectivity index (χ4v) is 8.02. The summed E-state index contributed by atoms with van der Waals surface area (Å²) in [6.07, 6.45) is -7.86. The first kappa shape index (κ1) is 41.0. The number of alkyl halides is 8. The Kier molecular flexibility index (Phi) is 10.8. The first-order chi connectivity index (χ1) is 26.0. The van der Waals surface area contributed by atoms with E-state index in [4.69, 9.17) is 4.74 Å². The van der Waals surface area contributed by atoms with Crippen LogP contribution in [0.1, 0.15) is 88.4 Å². The number of rotatable bonds is 10. The topological polar surface area (TPSA) is 105 Å². The van der Waals surface area contributed by atoms with Crippen LogP contribution in [0.25, 0.3) is 0 Å². The van der Waals surface area contributed by atoms with Crippen molar-refractivity contribution in [2.45, 2.75) is 76.9 Å². The number of carboxylic acids is 1. The van der Waals surface area contributed by atoms with Crippen LogP contribution in [0.15, 0.2) is 48.8 Å². The molecule has 1 atom stereocenters. The Morgan fingerprint density at radius 1 is 0.946 bits per heavy atom. The summed E-state index contributed by atoms with van der Waals surface area (Å²) in [6, 6.07) is 6.94. The fourth-order valence-electron chi connectivity index (χ4n) is 8.02. The van der Waals surface area contributed by atoms with E-state index in [2.05, 4.69) is 5.10 Å². The molecule has 2 aromatic carbocycles. The van der Waals surface area contributed by atoms with E-state index >= 15 is 0 Å². The average molecular weight is 803 g/mol. The van der Waals surface area contributed by atoms with Crippen LogP contribution in [-0.2, 0) is 28.9 Å². The van der Waals surface area contributed by atoms with Crippen molar-refractivity contribution in [1.29, 1.82) is 0 Å². The molecule has 1 N–H and O–H groups in total. The molecule has 0 unspecified atom stereocenters. The van der Waals surface area contributed by atoms with Crippen LogP contribution in [0.5, 0.6) is 0 Å². The Hall–Kier alpha value is -4.61. The lowest BCUT2D eigenvalue weighted by molar-refractivity contribution is -0.223. The highest BCUT2D eigenvalue weighted by molar-refractivity contribution is 5.94. The third-order valence-corrected chi connectivity index (χ3v) is 11.4. The highest BCUT2D eigenvalue weighted by Crippen LogP contribution is 2.48. The van der Waals surface area contributed by atoms with Gasteiger partial charge in [0.05, 0.1) is 42.6 Å². The maximum Gasteiger partial charge on any atom is 0.416 e. The van der Waals surface area contributed by atoms with Gasteiger partial charge in [-0.05, 0) is 61.4 Å². The van der Waals surface area contributed by atoms with Gasteiger partial charge >= 0.3 is 18.3 Å². The maximum atomic E-state index is 13.9. The second kappa shape index (κ2) is 14.7. The largest absolute Gasteiger partial charge is 0.478 e. The van der Waals surface area contributed by atoms with Crippen LogP contribution >= 0.6 is 0 Å². The van der Waals surface area contributed by atoms with E-state index in [1.807, 2.05) is 0 Å². The minimum Gasteiger partial charge on any atom is -0.478 e. The molecule has 18 heteroatoms. The number of carbonyl (C=O) groups is 3. The number of aromatic carboxylic acids is 1. The lowest BCUT2D eigenvalue weighted by atomic mass is 9.70. The molecule has 2 amide bonds. The van der Waals surface area contributed by atoms with Gasteiger partial charge in [-0.1, -0.05) is 24.3 Å². The summed E-state index contributed by atoms with van der Waals surface area (Å²) >= 11 is 0. The SMILES string of the molecule is CC(C)(C(=O)N1CC2(CN(C(=O)c3cnn(Cc4ccc(F)cc4C(F)(F)F)c3)C[C@H]2COCc2cccc(C3CCC(F)(F)CC3)c2C(=O)O)C1)C(F)(F)F. The van der Waals surface area contributed by atoms with Crippen molar-refractivity contribution in [3.05, 3.63) is 88.0 Å². The standard InChI is InChI=1S/C38H39F9N4O5/c1-34(2,38(45,46)47)33(55)50-20-35(21-50)19-49(31(52)25-13-48-51(15-25)14-23-6-7-27(39)12-29(23)37(42,43)44)16-26(35)18-56-17-24-4-3-5-28(30(24)32(53)54)22-8-10-36(40,41)11-9-22/h3-7,12-13,15,22,26H,8-11,14,16-21H2,1-2H3,(H,53,54)/t26-/m0/s1. The third kappa shape index (κ3) is 8.11. The number of aromatic nitrogens is 2. The molecule has 1 aliphatic carbocycles. The van der Waals surface area contributed by atoms with Gasteiger partial charge in [0.2, 0.25) is 11.8 Å². The first-order valence-corrected chi connectivity index (χ1v) is 17.9. The van der Waals surface area contributed by atoms with Gasteiger partial charge < -0.3 is 19.6 Å². The van der Waals surface area contributed by atoms with Gasteiger partial charge in [0, 0.05) is 56.6 Å². The summed E-state index contributed by atoms with van der Waals surface area (Å²) in [5, 5.41) is 14.2. The van der Waals surface area contributed by atoms with Crippen molar-refractivity contribution in [3.8, 4) is 0 Å². The molecule has 3 aliphatic rings. The Balaban J connectivity index is 1.19. The van der Waals surface area contributed by atoms with Crippen molar-refractivity contribution >= 4 is 17.8 Å². The summed E-state index contributed by atoms with van der Waals surface area (Å²) in [5.41, 5.74) is -4.47. The van der Waals surface area contributed by atoms with Crippen molar-refractivity contribution in [3.63, 3.8) is 0 Å². The van der Waals surface area contributed by atoms with Crippen LogP contribution in [0, 0.1) is 22.6 Å². The van der Waals surface area contributed by atoms with Gasteiger partial charge in [-0.3, -0.25) is 14.3 Å². The number of nitrogens with zero attached hydrogens (tertiary/aromatic N) is 4. The van der Waals surface area contributed by atoms with Gasteiger partial charge in [0.25, 0.3) is 5.91 Å². The number of benzene rings is 2. The minimum absolute atomic E-state index is 0.00695. The molecular formula is C38H39F9N4O5. The molecule has 2 aliphatic heterocycles. The molecule has 0 bridgehead atoms. The van der Waals surface area contributed by atoms with Gasteiger partial charge in [0.1, 0.15) is 11.2 Å². The lowest BCUT2D eigenvalue weighted by Gasteiger charge is -2.52. The zero-order chi connectivity index (χ0) is 41.0. The minimum atomic E-state index is -4.86. The molecule has 3 fully saturated rings. The fraction of sp³-hybridized carbons (Fsp3) is 0.526. The molecule has 3 heterocycles. The Morgan fingerprint density at radius 2 is 1.61 bits per heavy atom. The Morgan fingerprint density at radius 3 is 2.23 bits per heavy atom. The first-order valence-electron chi connectivity index (χ1n) is 17.9. The van der Waals surface area contributed by atoms with E-state index in [0.29, 0.717) is 11.6 Å². The summed E-state index contributed by atoms with van der Waals surface area (Å²) in [6.45, 7) is 0.495. The van der Waals surface area contributed by atoms with E-state index in [1.165, 1.54) is 17.2 Å². The highest BCUT2D eigenvalue weighted by Gasteiger charge is 2.61. The summed E-state index contributed by atoms with van der Waals surface area (Å²) in [7, 11) is 0. The second-order valence-corrected chi connectivity index (χ2v) is 15.6. The van der Waals surface area contributed by atoms with E-state index in [-0.39, 0.29) is 87.3 Å². The molecule has 9 nitrogen and oxygen atoms in total. The number of hydrogen-bond donors (Lipinski definition) is 1. The van der Waals surface area contributed by atoms with Crippen LogP contribution in [0.4, 0.5) is 39.5 Å². The Bertz CT molecular complexity index is 1980. The average Bonchev–Trinajstić information content (AvgIpc) is 3.72. The smallest absolute Gasteiger partial charge is 0.416 e. The second-order valence-electron chi connectivity index (χ2n) is 15.6.